The second kappa shape index (κ2) is 4.24. The fourth-order valence-corrected chi connectivity index (χ4v) is 3.40. The van der Waals surface area contributed by atoms with Crippen molar-refractivity contribution in [3.8, 4) is 0 Å². The van der Waals surface area contributed by atoms with Crippen molar-refractivity contribution in [2.45, 2.75) is 37.6 Å². The van der Waals surface area contributed by atoms with Crippen LogP contribution in [0, 0.1) is 0 Å². The number of nitrogens with zero attached hydrogens (tertiary/aromatic N) is 2. The first kappa shape index (κ1) is 10.4. The van der Waals surface area contributed by atoms with Gasteiger partial charge >= 0.3 is 0 Å². The number of hydrogen-bond donors (Lipinski definition) is 2. The fraction of sp³-hybridized carbons (Fsp3) is 0.917. The minimum absolute atomic E-state index is 0.368. The molecule has 1 aliphatic carbocycles. The van der Waals surface area contributed by atoms with E-state index in [1.807, 2.05) is 0 Å². The van der Waals surface area contributed by atoms with E-state index in [-0.39, 0.29) is 0 Å². The summed E-state index contributed by atoms with van der Waals surface area (Å²) in [7, 11) is 0. The Labute approximate surface area is 97.5 Å². The molecule has 4 nitrogen and oxygen atoms in total. The van der Waals surface area contributed by atoms with Crippen molar-refractivity contribution < 1.29 is 0 Å². The first-order valence-electron chi connectivity index (χ1n) is 6.67. The molecule has 0 amide bonds. The summed E-state index contributed by atoms with van der Waals surface area (Å²) < 4.78 is 0. The molecule has 2 aliphatic heterocycles. The molecule has 0 aromatic heterocycles. The molecule has 0 atom stereocenters. The molecule has 0 bridgehead atoms. The summed E-state index contributed by atoms with van der Waals surface area (Å²) in [5.41, 5.74) is 0.368. The number of guanidine groups is 1. The predicted octanol–water partition coefficient (Wildman–Crippen LogP) is 0.554. The van der Waals surface area contributed by atoms with Gasteiger partial charge in [-0.3, -0.25) is 4.99 Å². The lowest BCUT2D eigenvalue weighted by Crippen LogP contribution is -2.65. The van der Waals surface area contributed by atoms with E-state index in [2.05, 4.69) is 20.5 Å². The number of nitrogens with one attached hydrogen (secondary N) is 2. The second-order valence-corrected chi connectivity index (χ2v) is 5.25. The van der Waals surface area contributed by atoms with Crippen LogP contribution in [0.4, 0.5) is 0 Å². The number of hydrogen-bond acceptors (Lipinski definition) is 4. The van der Waals surface area contributed by atoms with Crippen molar-refractivity contribution in [2.24, 2.45) is 4.99 Å². The third-order valence-electron chi connectivity index (χ3n) is 4.24. The molecular formula is C12H22N4. The summed E-state index contributed by atoms with van der Waals surface area (Å²) in [4.78, 5) is 7.18. The lowest BCUT2D eigenvalue weighted by Gasteiger charge is -2.50. The van der Waals surface area contributed by atoms with Crippen molar-refractivity contribution in [3.05, 3.63) is 0 Å². The summed E-state index contributed by atoms with van der Waals surface area (Å²) >= 11 is 0. The zero-order chi connectivity index (χ0) is 10.8. The largest absolute Gasteiger partial charge is 0.354 e. The molecule has 2 fully saturated rings. The highest BCUT2D eigenvalue weighted by Crippen LogP contribution is 2.34. The number of aliphatic imine (C=N–C) groups is 1. The first-order valence-corrected chi connectivity index (χ1v) is 6.67. The Balaban J connectivity index is 1.81. The maximum Gasteiger partial charge on any atom is 0.194 e. The van der Waals surface area contributed by atoms with Crippen molar-refractivity contribution in [1.29, 1.82) is 0 Å². The van der Waals surface area contributed by atoms with E-state index in [1.165, 1.54) is 38.1 Å². The molecule has 2 N–H and O–H groups in total. The third kappa shape index (κ3) is 1.69. The topological polar surface area (TPSA) is 39.7 Å². The maximum absolute atomic E-state index is 4.61. The maximum atomic E-state index is 4.61. The van der Waals surface area contributed by atoms with Crippen LogP contribution in [-0.4, -0.2) is 49.1 Å². The summed E-state index contributed by atoms with van der Waals surface area (Å²) in [6.45, 7) is 5.34. The van der Waals surface area contributed by atoms with E-state index in [1.54, 1.807) is 0 Å². The Hall–Kier alpha value is -0.770. The van der Waals surface area contributed by atoms with E-state index in [0.29, 0.717) is 5.54 Å². The van der Waals surface area contributed by atoms with Crippen LogP contribution in [0.3, 0.4) is 0 Å². The van der Waals surface area contributed by atoms with Crippen molar-refractivity contribution in [2.75, 3.05) is 32.7 Å². The van der Waals surface area contributed by atoms with Crippen LogP contribution >= 0.6 is 0 Å². The van der Waals surface area contributed by atoms with Crippen LogP contribution in [0.15, 0.2) is 4.99 Å². The number of rotatable bonds is 0. The van der Waals surface area contributed by atoms with E-state index >= 15 is 0 Å². The van der Waals surface area contributed by atoms with Crippen LogP contribution < -0.4 is 10.6 Å². The van der Waals surface area contributed by atoms with Crippen LogP contribution in [-0.2, 0) is 0 Å². The van der Waals surface area contributed by atoms with Gasteiger partial charge in [0.05, 0.1) is 12.1 Å². The Bertz CT molecular complexity index is 272. The van der Waals surface area contributed by atoms with Crippen LogP contribution in [0.1, 0.15) is 32.1 Å². The highest BCUT2D eigenvalue weighted by Gasteiger charge is 2.41. The van der Waals surface area contributed by atoms with Gasteiger partial charge in [-0.2, -0.15) is 0 Å². The molecule has 4 heteroatoms. The molecule has 90 valence electrons. The highest BCUT2D eigenvalue weighted by molar-refractivity contribution is 5.82. The normalized spacial score (nSPS) is 29.0. The monoisotopic (exact) mass is 222 g/mol. The smallest absolute Gasteiger partial charge is 0.194 e. The lowest BCUT2D eigenvalue weighted by molar-refractivity contribution is 0.0869. The van der Waals surface area contributed by atoms with Crippen LogP contribution in [0.2, 0.25) is 0 Å². The van der Waals surface area contributed by atoms with E-state index in [4.69, 9.17) is 0 Å². The summed E-state index contributed by atoms with van der Waals surface area (Å²) in [6, 6.07) is 0. The Kier molecular flexibility index (Phi) is 2.75. The lowest BCUT2D eigenvalue weighted by atomic mass is 9.79. The molecule has 16 heavy (non-hydrogen) atoms. The van der Waals surface area contributed by atoms with Gasteiger partial charge in [-0.05, 0) is 12.8 Å². The fourth-order valence-electron chi connectivity index (χ4n) is 3.40. The zero-order valence-corrected chi connectivity index (χ0v) is 9.97. The van der Waals surface area contributed by atoms with Gasteiger partial charge in [0.1, 0.15) is 0 Å². The third-order valence-corrected chi connectivity index (χ3v) is 4.24. The van der Waals surface area contributed by atoms with Crippen molar-refractivity contribution >= 4 is 5.96 Å². The van der Waals surface area contributed by atoms with Gasteiger partial charge in [0.25, 0.3) is 0 Å². The second-order valence-electron chi connectivity index (χ2n) is 5.25. The van der Waals surface area contributed by atoms with Crippen molar-refractivity contribution in [3.63, 3.8) is 0 Å². The standard InChI is InChI=1S/C12H22N4/c1-2-4-12(5-3-1)10-13-8-9-16(12)11-14-6-7-15-11/h13H,1-10H2,(H,14,15). The number of piperazine rings is 1. The van der Waals surface area contributed by atoms with Gasteiger partial charge in [-0.25, -0.2) is 0 Å². The van der Waals surface area contributed by atoms with Gasteiger partial charge in [0, 0.05) is 26.2 Å². The quantitative estimate of drug-likeness (QED) is 0.629. The molecule has 1 saturated carbocycles. The first-order chi connectivity index (χ1) is 7.91. The predicted molar refractivity (Wildman–Crippen MR) is 65.7 cm³/mol. The van der Waals surface area contributed by atoms with E-state index in [0.717, 1.165) is 32.7 Å². The molecule has 0 aromatic carbocycles. The minimum atomic E-state index is 0.368. The average Bonchev–Trinajstić information content (AvgIpc) is 2.84. The van der Waals surface area contributed by atoms with Gasteiger partial charge in [0.15, 0.2) is 5.96 Å². The zero-order valence-electron chi connectivity index (χ0n) is 9.97. The molecule has 2 heterocycles. The van der Waals surface area contributed by atoms with Crippen LogP contribution in [0.25, 0.3) is 0 Å². The van der Waals surface area contributed by atoms with Gasteiger partial charge in [0.2, 0.25) is 0 Å². The summed E-state index contributed by atoms with van der Waals surface area (Å²) in [5.74, 6) is 1.17. The highest BCUT2D eigenvalue weighted by atomic mass is 15.4. The SMILES string of the molecule is C1CCC2(CC1)CNCCN2C1=NCCN1. The summed E-state index contributed by atoms with van der Waals surface area (Å²) in [6.07, 6.45) is 6.84. The molecule has 0 unspecified atom stereocenters. The Morgan fingerprint density at radius 1 is 1.12 bits per heavy atom. The van der Waals surface area contributed by atoms with Gasteiger partial charge in [-0.1, -0.05) is 19.3 Å². The Morgan fingerprint density at radius 2 is 2.00 bits per heavy atom. The Morgan fingerprint density at radius 3 is 2.75 bits per heavy atom. The minimum Gasteiger partial charge on any atom is -0.354 e. The molecule has 3 rings (SSSR count). The molecular weight excluding hydrogens is 200 g/mol. The van der Waals surface area contributed by atoms with E-state index < -0.39 is 0 Å². The summed E-state index contributed by atoms with van der Waals surface area (Å²) in [5, 5.41) is 7.02. The molecule has 1 saturated heterocycles. The average molecular weight is 222 g/mol. The van der Waals surface area contributed by atoms with Crippen molar-refractivity contribution in [1.82, 2.24) is 15.5 Å². The molecule has 1 spiro atoms. The van der Waals surface area contributed by atoms with Gasteiger partial charge < -0.3 is 15.5 Å². The molecule has 0 aromatic rings. The van der Waals surface area contributed by atoms with E-state index in [9.17, 15) is 0 Å². The molecule has 0 radical (unpaired) electrons. The van der Waals surface area contributed by atoms with Gasteiger partial charge in [-0.15, -0.1) is 0 Å². The van der Waals surface area contributed by atoms with Crippen LogP contribution in [0.5, 0.6) is 0 Å². The molecule has 3 aliphatic rings.